The molecule has 0 fully saturated rings. The molecule has 8 heteroatoms. The fourth-order valence-corrected chi connectivity index (χ4v) is 5.63. The minimum Gasteiger partial charge on any atom is -0.503 e. The van der Waals surface area contributed by atoms with Gasteiger partial charge in [0.1, 0.15) is 11.0 Å². The third-order valence-corrected chi connectivity index (χ3v) is 7.51. The molecule has 0 bridgehead atoms. The Kier molecular flexibility index (Phi) is 5.62. The highest BCUT2D eigenvalue weighted by Gasteiger charge is 2.45. The minimum absolute atomic E-state index is 0.0432. The van der Waals surface area contributed by atoms with E-state index in [1.165, 1.54) is 27.6 Å². The van der Waals surface area contributed by atoms with Crippen molar-refractivity contribution >= 4 is 34.4 Å². The number of rotatable bonds is 6. The van der Waals surface area contributed by atoms with E-state index in [0.29, 0.717) is 21.3 Å². The monoisotopic (exact) mass is 473 g/mol. The molecule has 0 radical (unpaired) electrons. The fraction of sp³-hybridized carbons (Fsp3) is 0.120. The van der Waals surface area contributed by atoms with Gasteiger partial charge in [0, 0.05) is 16.6 Å². The van der Waals surface area contributed by atoms with Crippen LogP contribution in [-0.4, -0.2) is 31.7 Å². The van der Waals surface area contributed by atoms with Crippen LogP contribution >= 0.6 is 22.7 Å². The first-order valence-corrected chi connectivity index (χ1v) is 12.0. The van der Waals surface area contributed by atoms with Crippen molar-refractivity contribution in [1.29, 1.82) is 0 Å². The topological polar surface area (TPSA) is 83.4 Å². The van der Waals surface area contributed by atoms with Crippen LogP contribution in [-0.2, 0) is 11.3 Å². The average Bonchev–Trinajstić information content (AvgIpc) is 3.55. The number of aromatic nitrogens is 2. The molecule has 33 heavy (non-hydrogen) atoms. The quantitative estimate of drug-likeness (QED) is 0.382. The number of aryl methyl sites for hydroxylation is 1. The van der Waals surface area contributed by atoms with Crippen LogP contribution < -0.4 is 0 Å². The van der Waals surface area contributed by atoms with Gasteiger partial charge in [-0.2, -0.15) is 0 Å². The summed E-state index contributed by atoms with van der Waals surface area (Å²) in [5.74, 6) is -1.50. The van der Waals surface area contributed by atoms with Crippen LogP contribution in [0.25, 0.3) is 10.6 Å². The van der Waals surface area contributed by atoms with Gasteiger partial charge in [0.05, 0.1) is 28.4 Å². The lowest BCUT2D eigenvalue weighted by Gasteiger charge is -2.25. The van der Waals surface area contributed by atoms with E-state index in [1.54, 1.807) is 31.3 Å². The van der Waals surface area contributed by atoms with Crippen LogP contribution in [0.15, 0.2) is 83.6 Å². The Hall–Kier alpha value is -3.62. The molecular formula is C25H19N3O3S2. The van der Waals surface area contributed by atoms with Gasteiger partial charge < -0.3 is 10.0 Å². The summed E-state index contributed by atoms with van der Waals surface area (Å²) < 4.78 is 0. The maximum Gasteiger partial charge on any atom is 0.290 e. The largest absolute Gasteiger partial charge is 0.503 e. The summed E-state index contributed by atoms with van der Waals surface area (Å²) in [6, 6.07) is 18.0. The van der Waals surface area contributed by atoms with Crippen molar-refractivity contribution < 1.29 is 14.7 Å². The molecule has 1 aromatic carbocycles. The number of thiazole rings is 1. The maximum absolute atomic E-state index is 13.7. The maximum atomic E-state index is 13.7. The van der Waals surface area contributed by atoms with Gasteiger partial charge >= 0.3 is 0 Å². The van der Waals surface area contributed by atoms with E-state index in [4.69, 9.17) is 0 Å². The van der Waals surface area contributed by atoms with E-state index < -0.39 is 23.5 Å². The highest BCUT2D eigenvalue weighted by Crippen LogP contribution is 2.41. The number of pyridine rings is 1. The van der Waals surface area contributed by atoms with Crippen LogP contribution in [0.1, 0.15) is 32.0 Å². The summed E-state index contributed by atoms with van der Waals surface area (Å²) in [6.45, 7) is 2.04. The van der Waals surface area contributed by atoms with Gasteiger partial charge in [-0.1, -0.05) is 42.5 Å². The highest BCUT2D eigenvalue weighted by molar-refractivity contribution is 7.17. The van der Waals surface area contributed by atoms with Crippen molar-refractivity contribution in [2.24, 2.45) is 0 Å². The molecule has 1 amide bonds. The second kappa shape index (κ2) is 8.73. The normalized spacial score (nSPS) is 16.0. The summed E-state index contributed by atoms with van der Waals surface area (Å²) in [5.41, 5.74) is 2.04. The van der Waals surface area contributed by atoms with E-state index in [2.05, 4.69) is 9.97 Å². The van der Waals surface area contributed by atoms with Crippen molar-refractivity contribution in [2.75, 3.05) is 0 Å². The number of hydrogen-bond donors (Lipinski definition) is 1. The number of thiophene rings is 1. The zero-order chi connectivity index (χ0) is 22.9. The second-order valence-electron chi connectivity index (χ2n) is 7.56. The Labute approximate surface area is 198 Å². The van der Waals surface area contributed by atoms with E-state index >= 15 is 0 Å². The number of ketones is 1. The van der Waals surface area contributed by atoms with Gasteiger partial charge in [-0.05, 0) is 30.5 Å². The molecule has 0 saturated carbocycles. The molecule has 1 aliphatic rings. The first kappa shape index (κ1) is 21.2. The molecule has 0 saturated heterocycles. The number of carbonyl (C=O) groups excluding carboxylic acids is 2. The van der Waals surface area contributed by atoms with Gasteiger partial charge in [0.25, 0.3) is 5.91 Å². The molecule has 1 aliphatic heterocycles. The van der Waals surface area contributed by atoms with Gasteiger partial charge in [0.15, 0.2) is 5.76 Å². The molecule has 3 aromatic heterocycles. The molecule has 0 spiro atoms. The fourth-order valence-electron chi connectivity index (χ4n) is 3.90. The lowest BCUT2D eigenvalue weighted by Crippen LogP contribution is -2.30. The summed E-state index contributed by atoms with van der Waals surface area (Å²) in [4.78, 5) is 38.7. The Morgan fingerprint density at radius 3 is 2.58 bits per heavy atom. The van der Waals surface area contributed by atoms with E-state index in [1.807, 2.05) is 47.8 Å². The van der Waals surface area contributed by atoms with Crippen LogP contribution in [0.5, 0.6) is 0 Å². The Morgan fingerprint density at radius 2 is 1.88 bits per heavy atom. The van der Waals surface area contributed by atoms with Crippen LogP contribution in [0.3, 0.4) is 0 Å². The highest BCUT2D eigenvalue weighted by atomic mass is 32.1. The molecule has 1 N–H and O–H groups in total. The van der Waals surface area contributed by atoms with Crippen LogP contribution in [0.2, 0.25) is 0 Å². The molecule has 4 heterocycles. The molecule has 5 rings (SSSR count). The van der Waals surface area contributed by atoms with Gasteiger partial charge in [-0.25, -0.2) is 4.98 Å². The first-order valence-electron chi connectivity index (χ1n) is 10.3. The zero-order valence-corrected chi connectivity index (χ0v) is 19.3. The zero-order valence-electron chi connectivity index (χ0n) is 17.6. The third kappa shape index (κ3) is 3.88. The van der Waals surface area contributed by atoms with Crippen molar-refractivity contribution in [3.8, 4) is 10.6 Å². The van der Waals surface area contributed by atoms with Gasteiger partial charge in [-0.3, -0.25) is 14.6 Å². The van der Waals surface area contributed by atoms with Crippen molar-refractivity contribution in [2.45, 2.75) is 19.5 Å². The molecule has 4 aromatic rings. The lowest BCUT2D eigenvalue weighted by atomic mass is 9.98. The van der Waals surface area contributed by atoms with Crippen LogP contribution in [0, 0.1) is 6.92 Å². The third-order valence-electron chi connectivity index (χ3n) is 5.45. The van der Waals surface area contributed by atoms with E-state index in [-0.39, 0.29) is 12.1 Å². The van der Waals surface area contributed by atoms with Crippen molar-refractivity contribution in [3.05, 3.63) is 105 Å². The molecule has 0 aliphatic carbocycles. The predicted octanol–water partition coefficient (Wildman–Crippen LogP) is 5.35. The number of hydrogen-bond acceptors (Lipinski definition) is 7. The lowest BCUT2D eigenvalue weighted by molar-refractivity contribution is -0.130. The summed E-state index contributed by atoms with van der Waals surface area (Å²) in [6.07, 6.45) is 1.62. The number of aliphatic hydroxyl groups is 1. The first-order chi connectivity index (χ1) is 16.0. The van der Waals surface area contributed by atoms with Gasteiger partial charge in [0.2, 0.25) is 5.78 Å². The molecule has 164 valence electrons. The predicted molar refractivity (Wildman–Crippen MR) is 128 cm³/mol. The Balaban J connectivity index is 1.57. The molecular weight excluding hydrogens is 454 g/mol. The minimum atomic E-state index is -0.782. The Morgan fingerprint density at radius 1 is 1.09 bits per heavy atom. The molecule has 1 unspecified atom stereocenters. The van der Waals surface area contributed by atoms with Crippen molar-refractivity contribution in [3.63, 3.8) is 0 Å². The van der Waals surface area contributed by atoms with Gasteiger partial charge in [-0.15, -0.1) is 22.7 Å². The second-order valence-corrected chi connectivity index (χ2v) is 9.59. The number of amides is 1. The van der Waals surface area contributed by atoms with Crippen molar-refractivity contribution in [1.82, 2.24) is 14.9 Å². The smallest absolute Gasteiger partial charge is 0.290 e. The summed E-state index contributed by atoms with van der Waals surface area (Å²) >= 11 is 2.77. The summed E-state index contributed by atoms with van der Waals surface area (Å²) in [7, 11) is 0. The van der Waals surface area contributed by atoms with E-state index in [0.717, 1.165) is 10.4 Å². The number of carbonyl (C=O) groups is 2. The summed E-state index contributed by atoms with van der Waals surface area (Å²) in [5, 5.41) is 13.5. The van der Waals surface area contributed by atoms with Crippen LogP contribution in [0.4, 0.5) is 0 Å². The Bertz CT molecular complexity index is 1350. The average molecular weight is 474 g/mol. The number of benzene rings is 1. The number of aliphatic hydroxyl groups excluding tert-OH is 1. The number of Topliss-reactive ketones (excluding diaryl/α,β-unsaturated/α-hetero) is 1. The molecule has 1 atom stereocenters. The standard InChI is InChI=1S/C25H19N3O3S2/c1-15-23(33-24(27-15)16-8-3-2-4-9-16)21(29)19-20(18-11-5-6-12-26-18)28(25(31)22(19)30)14-17-10-7-13-32-17/h2-13,20,30H,14H2,1H3. The van der Waals surface area contributed by atoms with E-state index in [9.17, 15) is 14.7 Å². The SMILES string of the molecule is Cc1nc(-c2ccccc2)sc1C(=O)C1=C(O)C(=O)N(Cc2cccs2)C1c1ccccn1. The number of nitrogens with zero attached hydrogens (tertiary/aromatic N) is 3. The molecule has 6 nitrogen and oxygen atoms in total.